The molecule has 8 aliphatic rings. The van der Waals surface area contributed by atoms with E-state index < -0.39 is 96.8 Å². The molecule has 0 bridgehead atoms. The molecule has 0 amide bonds. The summed E-state index contributed by atoms with van der Waals surface area (Å²) in [5.74, 6) is -0.215. The highest BCUT2D eigenvalue weighted by Gasteiger charge is 2.85. The number of hydrogen-bond donors (Lipinski definition) is 9. The number of fused-ring (bicyclic) bond motifs is 2. The van der Waals surface area contributed by atoms with Crippen LogP contribution in [0.3, 0.4) is 0 Å². The molecule has 8 rings (SSSR count). The topological polar surface area (TPSA) is 228 Å². The van der Waals surface area contributed by atoms with E-state index in [1.54, 1.807) is 13.8 Å². The third-order valence-corrected chi connectivity index (χ3v) is 17.6. The second-order valence-electron chi connectivity index (χ2n) is 21.1. The lowest BCUT2D eigenvalue weighted by Gasteiger charge is -2.65. The molecule has 5 saturated carbocycles. The average Bonchev–Trinajstić information content (AvgIpc) is 3.47. The highest BCUT2D eigenvalue weighted by Crippen LogP contribution is 2.89. The van der Waals surface area contributed by atoms with Crippen molar-refractivity contribution in [1.82, 2.24) is 0 Å². The van der Waals surface area contributed by atoms with Crippen molar-refractivity contribution >= 4 is 0 Å². The van der Waals surface area contributed by atoms with Crippen LogP contribution in [0.25, 0.3) is 0 Å². The summed E-state index contributed by atoms with van der Waals surface area (Å²) >= 11 is 0. The second-order valence-corrected chi connectivity index (χ2v) is 21.1. The molecule has 14 heteroatoms. The Kier molecular flexibility index (Phi) is 9.90. The fourth-order valence-electron chi connectivity index (χ4n) is 14.9. The molecular weight excluding hydrogens is 716 g/mol. The zero-order valence-corrected chi connectivity index (χ0v) is 33.6. The SMILES string of the molecule is CC(C)(O)[C@H]1CC[C@@](C)([C@@H]2[C@H](O)C[C@]3(C)[C@H]4C[C@@H](O[C@H]5O[C@@H](CO)[C@@H](O)[C@@H](O)[C@H]5O)[C@@H]5C(C)(C)[C@H](O[C@H]6OC[C@H](O)[C@@H](O)[C@@H]6O)CC[C@]56C[C@]46CC[C@@]23C)O1. The summed E-state index contributed by atoms with van der Waals surface area (Å²) in [6, 6.07) is 0. The third-order valence-electron chi connectivity index (χ3n) is 17.6. The largest absolute Gasteiger partial charge is 0.394 e. The van der Waals surface area contributed by atoms with Crippen LogP contribution in [0.5, 0.6) is 0 Å². The molecule has 5 aliphatic carbocycles. The van der Waals surface area contributed by atoms with Crippen molar-refractivity contribution in [2.45, 2.75) is 197 Å². The summed E-state index contributed by atoms with van der Waals surface area (Å²) in [4.78, 5) is 0. The minimum atomic E-state index is -1.60. The summed E-state index contributed by atoms with van der Waals surface area (Å²) in [6.07, 6.45) is -7.48. The summed E-state index contributed by atoms with van der Waals surface area (Å²) in [7, 11) is 0. The molecule has 9 N–H and O–H groups in total. The van der Waals surface area contributed by atoms with E-state index in [9.17, 15) is 46.0 Å². The van der Waals surface area contributed by atoms with Crippen LogP contribution >= 0.6 is 0 Å². The van der Waals surface area contributed by atoms with Gasteiger partial charge in [-0.3, -0.25) is 0 Å². The van der Waals surface area contributed by atoms with E-state index in [4.69, 9.17) is 23.7 Å². The number of rotatable bonds is 7. The van der Waals surface area contributed by atoms with Gasteiger partial charge in [0.05, 0.1) is 48.8 Å². The molecule has 0 aromatic carbocycles. The lowest BCUT2D eigenvalue weighted by molar-refractivity contribution is -0.339. The fourth-order valence-corrected chi connectivity index (χ4v) is 14.9. The van der Waals surface area contributed by atoms with E-state index in [1.165, 1.54) is 0 Å². The average molecular weight is 785 g/mol. The van der Waals surface area contributed by atoms with Gasteiger partial charge in [-0.05, 0) is 117 Å². The summed E-state index contributed by atoms with van der Waals surface area (Å²) in [6.45, 7) is 13.8. The van der Waals surface area contributed by atoms with Gasteiger partial charge in [0.2, 0.25) is 0 Å². The van der Waals surface area contributed by atoms with Gasteiger partial charge in [0.15, 0.2) is 12.6 Å². The molecule has 3 saturated heterocycles. The van der Waals surface area contributed by atoms with Crippen molar-refractivity contribution < 1.29 is 69.6 Å². The van der Waals surface area contributed by atoms with Crippen LogP contribution < -0.4 is 0 Å². The molecule has 0 aromatic heterocycles. The standard InChI is InChI=1S/C41H68O14/c1-35(2)24(54-33-29(48)26(45)20(44)17-51-33)9-11-41-18-40(41)13-12-37(5)31(39(7)10-8-25(55-39)36(3,4)50)19(43)15-38(37,6)23(40)14-21(32(35)41)52-34-30(49)28(47)27(46)22(16-42)53-34/h19-34,42-50H,8-18H2,1-7H3/t19-,20+,21-,22+,23-,24-,25-,26-,27-,28-,29+,30-,31-,32-,33-,34+,37+,38-,39+,40-,41+/m1/s1. The van der Waals surface area contributed by atoms with E-state index in [0.717, 1.165) is 32.1 Å². The summed E-state index contributed by atoms with van der Waals surface area (Å²) < 4.78 is 31.9. The van der Waals surface area contributed by atoms with Gasteiger partial charge in [-0.25, -0.2) is 0 Å². The van der Waals surface area contributed by atoms with E-state index >= 15 is 0 Å². The molecule has 316 valence electrons. The predicted octanol–water partition coefficient (Wildman–Crippen LogP) is 0.724. The van der Waals surface area contributed by atoms with E-state index in [1.807, 2.05) is 0 Å². The van der Waals surface area contributed by atoms with E-state index in [0.29, 0.717) is 25.7 Å². The van der Waals surface area contributed by atoms with E-state index in [-0.39, 0.29) is 52.1 Å². The smallest absolute Gasteiger partial charge is 0.186 e. The highest BCUT2D eigenvalue weighted by atomic mass is 16.7. The molecule has 0 radical (unpaired) electrons. The first-order chi connectivity index (χ1) is 25.5. The van der Waals surface area contributed by atoms with Gasteiger partial charge in [0.1, 0.15) is 42.7 Å². The molecular formula is C41H68O14. The Morgan fingerprint density at radius 2 is 1.40 bits per heavy atom. The Morgan fingerprint density at radius 1 is 0.709 bits per heavy atom. The van der Waals surface area contributed by atoms with Crippen molar-refractivity contribution in [1.29, 1.82) is 0 Å². The van der Waals surface area contributed by atoms with Crippen LogP contribution in [0, 0.1) is 44.8 Å². The summed E-state index contributed by atoms with van der Waals surface area (Å²) in [5.41, 5.74) is -3.16. The number of aliphatic hydroxyl groups excluding tert-OH is 8. The minimum absolute atomic E-state index is 0.0633. The molecule has 0 aromatic rings. The first-order valence-corrected chi connectivity index (χ1v) is 20.9. The Morgan fingerprint density at radius 3 is 2.05 bits per heavy atom. The molecule has 21 atom stereocenters. The van der Waals surface area contributed by atoms with Crippen LogP contribution in [0.15, 0.2) is 0 Å². The van der Waals surface area contributed by atoms with Crippen LogP contribution in [-0.4, -0.2) is 150 Å². The maximum absolute atomic E-state index is 12.2. The molecule has 8 fully saturated rings. The molecule has 2 spiro atoms. The van der Waals surface area contributed by atoms with Crippen LogP contribution in [-0.2, 0) is 23.7 Å². The first-order valence-electron chi connectivity index (χ1n) is 20.9. The molecule has 55 heavy (non-hydrogen) atoms. The van der Waals surface area contributed by atoms with Gasteiger partial charge < -0.3 is 69.6 Å². The lowest BCUT2D eigenvalue weighted by atomic mass is 9.41. The Balaban J connectivity index is 1.15. The van der Waals surface area contributed by atoms with Crippen molar-refractivity contribution in [2.24, 2.45) is 44.8 Å². The van der Waals surface area contributed by atoms with Gasteiger partial charge in [-0.15, -0.1) is 0 Å². The Bertz CT molecular complexity index is 1460. The molecule has 14 nitrogen and oxygen atoms in total. The van der Waals surface area contributed by atoms with Gasteiger partial charge in [0.25, 0.3) is 0 Å². The monoisotopic (exact) mass is 784 g/mol. The van der Waals surface area contributed by atoms with Crippen molar-refractivity contribution in [2.75, 3.05) is 13.2 Å². The van der Waals surface area contributed by atoms with Gasteiger partial charge in [0, 0.05) is 5.92 Å². The van der Waals surface area contributed by atoms with E-state index in [2.05, 4.69) is 34.6 Å². The fraction of sp³-hybridized carbons (Fsp3) is 1.00. The Labute approximate surface area is 324 Å². The predicted molar refractivity (Wildman–Crippen MR) is 194 cm³/mol. The number of hydrogen-bond acceptors (Lipinski definition) is 14. The maximum atomic E-state index is 12.2. The van der Waals surface area contributed by atoms with Crippen molar-refractivity contribution in [3.8, 4) is 0 Å². The zero-order valence-electron chi connectivity index (χ0n) is 33.6. The third kappa shape index (κ3) is 5.70. The molecule has 3 aliphatic heterocycles. The lowest BCUT2D eigenvalue weighted by Crippen LogP contribution is -2.65. The maximum Gasteiger partial charge on any atom is 0.186 e. The summed E-state index contributed by atoms with van der Waals surface area (Å²) in [5, 5.41) is 97.2. The molecule has 0 unspecified atom stereocenters. The zero-order chi connectivity index (χ0) is 40.1. The van der Waals surface area contributed by atoms with Crippen LogP contribution in [0.4, 0.5) is 0 Å². The van der Waals surface area contributed by atoms with Crippen molar-refractivity contribution in [3.05, 3.63) is 0 Å². The van der Waals surface area contributed by atoms with Crippen LogP contribution in [0.2, 0.25) is 0 Å². The number of ether oxygens (including phenoxy) is 5. The quantitative estimate of drug-likeness (QED) is 0.162. The van der Waals surface area contributed by atoms with Crippen LogP contribution in [0.1, 0.15) is 106 Å². The second kappa shape index (κ2) is 13.2. The molecule has 3 heterocycles. The van der Waals surface area contributed by atoms with Gasteiger partial charge in [-0.2, -0.15) is 0 Å². The Hall–Kier alpha value is -0.560. The van der Waals surface area contributed by atoms with Gasteiger partial charge >= 0.3 is 0 Å². The number of aliphatic hydroxyl groups is 9. The minimum Gasteiger partial charge on any atom is -0.394 e. The van der Waals surface area contributed by atoms with Crippen molar-refractivity contribution in [3.63, 3.8) is 0 Å². The highest BCUT2D eigenvalue weighted by molar-refractivity contribution is 5.33. The van der Waals surface area contributed by atoms with Gasteiger partial charge in [-0.1, -0.05) is 27.7 Å². The normalized spacial score (nSPS) is 58.7. The first kappa shape index (κ1) is 41.2.